The fraction of sp³-hybridized carbons (Fsp3) is 0.647. The van der Waals surface area contributed by atoms with Gasteiger partial charge in [-0.25, -0.2) is 10.4 Å². The van der Waals surface area contributed by atoms with Crippen molar-refractivity contribution in [2.24, 2.45) is 5.73 Å². The van der Waals surface area contributed by atoms with E-state index < -0.39 is 0 Å². The number of hydrazine groups is 1. The minimum Gasteiger partial charge on any atom is -0.329 e. The topological polar surface area (TPSA) is 41.3 Å². The SMILES string of the molecule is CCc1ccc(C(CN)NN2C(C)CCCC2C)cc1. The first-order valence-corrected chi connectivity index (χ1v) is 7.99. The van der Waals surface area contributed by atoms with Crippen molar-refractivity contribution in [3.8, 4) is 0 Å². The predicted octanol–water partition coefficient (Wildman–Crippen LogP) is 3.02. The number of hydrogen-bond acceptors (Lipinski definition) is 3. The molecule has 0 radical (unpaired) electrons. The Bertz CT molecular complexity index is 391. The molecule has 112 valence electrons. The van der Waals surface area contributed by atoms with Crippen molar-refractivity contribution in [3.63, 3.8) is 0 Å². The van der Waals surface area contributed by atoms with Crippen LogP contribution in [0.15, 0.2) is 24.3 Å². The van der Waals surface area contributed by atoms with Crippen LogP contribution in [0.5, 0.6) is 0 Å². The van der Waals surface area contributed by atoms with Crippen LogP contribution in [0.3, 0.4) is 0 Å². The minimum absolute atomic E-state index is 0.212. The number of nitrogens with zero attached hydrogens (tertiary/aromatic N) is 1. The number of hydrogen-bond donors (Lipinski definition) is 2. The molecular weight excluding hydrogens is 246 g/mol. The van der Waals surface area contributed by atoms with E-state index in [1.165, 1.54) is 30.4 Å². The summed E-state index contributed by atoms with van der Waals surface area (Å²) in [5.41, 5.74) is 12.3. The number of piperidine rings is 1. The quantitative estimate of drug-likeness (QED) is 0.868. The molecule has 0 spiro atoms. The van der Waals surface area contributed by atoms with Gasteiger partial charge in [0.1, 0.15) is 0 Å². The molecule has 3 nitrogen and oxygen atoms in total. The molecule has 20 heavy (non-hydrogen) atoms. The highest BCUT2D eigenvalue weighted by molar-refractivity contribution is 5.25. The number of nitrogens with one attached hydrogen (secondary N) is 1. The van der Waals surface area contributed by atoms with E-state index in [1.807, 2.05) is 0 Å². The predicted molar refractivity (Wildman–Crippen MR) is 85.4 cm³/mol. The Morgan fingerprint density at radius 2 is 1.80 bits per heavy atom. The van der Waals surface area contributed by atoms with E-state index >= 15 is 0 Å². The van der Waals surface area contributed by atoms with E-state index in [4.69, 9.17) is 5.73 Å². The first-order valence-electron chi connectivity index (χ1n) is 7.99. The fourth-order valence-corrected chi connectivity index (χ4v) is 3.10. The summed E-state index contributed by atoms with van der Waals surface area (Å²) >= 11 is 0. The third-order valence-corrected chi connectivity index (χ3v) is 4.52. The lowest BCUT2D eigenvalue weighted by Gasteiger charge is -2.41. The zero-order valence-corrected chi connectivity index (χ0v) is 13.1. The molecule has 1 saturated heterocycles. The summed E-state index contributed by atoms with van der Waals surface area (Å²) in [7, 11) is 0. The molecule has 0 aliphatic carbocycles. The van der Waals surface area contributed by atoms with Crippen LogP contribution < -0.4 is 11.2 Å². The highest BCUT2D eigenvalue weighted by atomic mass is 15.5. The zero-order valence-electron chi connectivity index (χ0n) is 13.1. The normalized spacial score (nSPS) is 25.6. The summed E-state index contributed by atoms with van der Waals surface area (Å²) in [5.74, 6) is 0. The number of aryl methyl sites for hydroxylation is 1. The van der Waals surface area contributed by atoms with Gasteiger partial charge in [-0.2, -0.15) is 0 Å². The second kappa shape index (κ2) is 7.21. The molecule has 0 saturated carbocycles. The fourth-order valence-electron chi connectivity index (χ4n) is 3.10. The Hall–Kier alpha value is -0.900. The van der Waals surface area contributed by atoms with E-state index in [0.717, 1.165) is 6.42 Å². The second-order valence-electron chi connectivity index (χ2n) is 6.05. The molecule has 1 aromatic rings. The Kier molecular flexibility index (Phi) is 5.58. The third-order valence-electron chi connectivity index (χ3n) is 4.52. The first-order chi connectivity index (χ1) is 9.65. The van der Waals surface area contributed by atoms with Crippen LogP contribution in [0.4, 0.5) is 0 Å². The van der Waals surface area contributed by atoms with Gasteiger partial charge >= 0.3 is 0 Å². The summed E-state index contributed by atoms with van der Waals surface area (Å²) < 4.78 is 0. The molecule has 3 atom stereocenters. The molecule has 1 aromatic carbocycles. The lowest BCUT2D eigenvalue weighted by Crippen LogP contribution is -2.54. The third kappa shape index (κ3) is 3.60. The van der Waals surface area contributed by atoms with Crippen LogP contribution in [-0.4, -0.2) is 23.6 Å². The first kappa shape index (κ1) is 15.5. The highest BCUT2D eigenvalue weighted by Gasteiger charge is 2.26. The van der Waals surface area contributed by atoms with Crippen molar-refractivity contribution in [1.29, 1.82) is 0 Å². The molecule has 3 N–H and O–H groups in total. The van der Waals surface area contributed by atoms with Gasteiger partial charge in [-0.05, 0) is 44.2 Å². The van der Waals surface area contributed by atoms with Crippen LogP contribution in [0.25, 0.3) is 0 Å². The largest absolute Gasteiger partial charge is 0.329 e. The average Bonchev–Trinajstić information content (AvgIpc) is 2.47. The van der Waals surface area contributed by atoms with Gasteiger partial charge in [0.25, 0.3) is 0 Å². The number of rotatable bonds is 5. The van der Waals surface area contributed by atoms with Crippen molar-refractivity contribution < 1.29 is 0 Å². The maximum Gasteiger partial charge on any atom is 0.0587 e. The van der Waals surface area contributed by atoms with E-state index in [0.29, 0.717) is 18.6 Å². The zero-order chi connectivity index (χ0) is 14.5. The molecule has 1 heterocycles. The van der Waals surface area contributed by atoms with Crippen LogP contribution in [0.1, 0.15) is 57.2 Å². The highest BCUT2D eigenvalue weighted by Crippen LogP contribution is 2.23. The van der Waals surface area contributed by atoms with Crippen molar-refractivity contribution in [2.75, 3.05) is 6.54 Å². The molecule has 2 rings (SSSR count). The Morgan fingerprint density at radius 3 is 2.30 bits per heavy atom. The molecule has 0 aromatic heterocycles. The maximum atomic E-state index is 5.99. The van der Waals surface area contributed by atoms with Gasteiger partial charge in [-0.1, -0.05) is 37.6 Å². The maximum absolute atomic E-state index is 5.99. The van der Waals surface area contributed by atoms with Crippen LogP contribution in [-0.2, 0) is 6.42 Å². The molecule has 1 aliphatic rings. The van der Waals surface area contributed by atoms with E-state index in [2.05, 4.69) is 55.5 Å². The number of nitrogens with two attached hydrogens (primary N) is 1. The summed E-state index contributed by atoms with van der Waals surface area (Å²) in [4.78, 5) is 0. The van der Waals surface area contributed by atoms with E-state index in [9.17, 15) is 0 Å². The van der Waals surface area contributed by atoms with Gasteiger partial charge < -0.3 is 5.73 Å². The van der Waals surface area contributed by atoms with Crippen molar-refractivity contribution in [1.82, 2.24) is 10.4 Å². The average molecular weight is 275 g/mol. The molecule has 3 heteroatoms. The minimum atomic E-state index is 0.212. The molecule has 1 aliphatic heterocycles. The molecule has 3 unspecified atom stereocenters. The lowest BCUT2D eigenvalue weighted by molar-refractivity contribution is 0.0304. The Labute approximate surface area is 123 Å². The van der Waals surface area contributed by atoms with Crippen LogP contribution in [0.2, 0.25) is 0 Å². The lowest BCUT2D eigenvalue weighted by atomic mass is 9.99. The molecule has 0 bridgehead atoms. The Balaban J connectivity index is 2.07. The van der Waals surface area contributed by atoms with Gasteiger partial charge in [-0.3, -0.25) is 0 Å². The summed E-state index contributed by atoms with van der Waals surface area (Å²) in [6, 6.07) is 10.2. The van der Waals surface area contributed by atoms with Crippen LogP contribution in [0, 0.1) is 0 Å². The van der Waals surface area contributed by atoms with E-state index in [-0.39, 0.29) is 6.04 Å². The van der Waals surface area contributed by atoms with Crippen molar-refractivity contribution in [2.45, 2.75) is 64.6 Å². The van der Waals surface area contributed by atoms with Crippen LogP contribution >= 0.6 is 0 Å². The smallest absolute Gasteiger partial charge is 0.0587 e. The van der Waals surface area contributed by atoms with Gasteiger partial charge in [-0.15, -0.1) is 0 Å². The van der Waals surface area contributed by atoms with E-state index in [1.54, 1.807) is 0 Å². The van der Waals surface area contributed by atoms with Gasteiger partial charge in [0.05, 0.1) is 6.04 Å². The monoisotopic (exact) mass is 275 g/mol. The van der Waals surface area contributed by atoms with Gasteiger partial charge in [0.15, 0.2) is 0 Å². The molecule has 0 amide bonds. The van der Waals surface area contributed by atoms with Gasteiger partial charge in [0.2, 0.25) is 0 Å². The number of benzene rings is 1. The molecule has 1 fully saturated rings. The second-order valence-corrected chi connectivity index (χ2v) is 6.05. The Morgan fingerprint density at radius 1 is 1.20 bits per heavy atom. The van der Waals surface area contributed by atoms with Gasteiger partial charge in [0, 0.05) is 18.6 Å². The van der Waals surface area contributed by atoms with Crippen molar-refractivity contribution in [3.05, 3.63) is 35.4 Å². The standard InChI is InChI=1S/C17H29N3/c1-4-15-8-10-16(11-9-15)17(12-18)19-20-13(2)6-5-7-14(20)3/h8-11,13-14,17,19H,4-7,12,18H2,1-3H3. The molecular formula is C17H29N3. The summed E-state index contributed by atoms with van der Waals surface area (Å²) in [5, 5.41) is 2.41. The summed E-state index contributed by atoms with van der Waals surface area (Å²) in [6.07, 6.45) is 4.95. The summed E-state index contributed by atoms with van der Waals surface area (Å²) in [6.45, 7) is 7.42. The van der Waals surface area contributed by atoms with Crippen molar-refractivity contribution >= 4 is 0 Å².